The number of rotatable bonds is 4. The molecule has 2 rings (SSSR count). The van der Waals surface area contributed by atoms with Gasteiger partial charge in [-0.2, -0.15) is 17.5 Å². The quantitative estimate of drug-likeness (QED) is 0.766. The molecule has 0 unspecified atom stereocenters. The van der Waals surface area contributed by atoms with Gasteiger partial charge in [-0.15, -0.1) is 0 Å². The summed E-state index contributed by atoms with van der Waals surface area (Å²) in [4.78, 5) is 1.82. The SMILES string of the molecule is Cn1nnnc1N1CCC(N(CC(F)(F)F)S(C)(=O)=O)CC1. The molecular weight excluding hydrogens is 325 g/mol. The molecule has 0 spiro atoms. The minimum absolute atomic E-state index is 0.288. The molecule has 1 aromatic rings. The highest BCUT2D eigenvalue weighted by molar-refractivity contribution is 7.88. The van der Waals surface area contributed by atoms with Crippen LogP contribution in [0.3, 0.4) is 0 Å². The van der Waals surface area contributed by atoms with Crippen molar-refractivity contribution in [3.8, 4) is 0 Å². The van der Waals surface area contributed by atoms with Crippen molar-refractivity contribution < 1.29 is 21.6 Å². The highest BCUT2D eigenvalue weighted by Crippen LogP contribution is 2.26. The van der Waals surface area contributed by atoms with E-state index in [1.54, 1.807) is 7.05 Å². The number of hydrogen-bond acceptors (Lipinski definition) is 6. The molecule has 1 fully saturated rings. The third-order valence-electron chi connectivity index (χ3n) is 3.51. The van der Waals surface area contributed by atoms with Gasteiger partial charge in [0.2, 0.25) is 16.0 Å². The van der Waals surface area contributed by atoms with Gasteiger partial charge in [0.05, 0.1) is 6.26 Å². The lowest BCUT2D eigenvalue weighted by Crippen LogP contribution is -2.50. The number of alkyl halides is 3. The van der Waals surface area contributed by atoms with Crippen molar-refractivity contribution in [3.63, 3.8) is 0 Å². The average molecular weight is 342 g/mol. The Morgan fingerprint density at radius 1 is 1.32 bits per heavy atom. The van der Waals surface area contributed by atoms with Crippen LogP contribution < -0.4 is 4.90 Å². The molecule has 1 aromatic heterocycles. The molecule has 0 aromatic carbocycles. The molecule has 0 radical (unpaired) electrons. The van der Waals surface area contributed by atoms with Crippen LogP contribution in [0.2, 0.25) is 0 Å². The lowest BCUT2D eigenvalue weighted by atomic mass is 10.1. The summed E-state index contributed by atoms with van der Waals surface area (Å²) >= 11 is 0. The first-order chi connectivity index (χ1) is 10.1. The van der Waals surface area contributed by atoms with Gasteiger partial charge in [0.15, 0.2) is 0 Å². The lowest BCUT2D eigenvalue weighted by molar-refractivity contribution is -0.139. The Kier molecular flexibility index (Phi) is 4.61. The maximum Gasteiger partial charge on any atom is 0.402 e. The Morgan fingerprint density at radius 3 is 2.32 bits per heavy atom. The second-order valence-corrected chi connectivity index (χ2v) is 7.18. The first kappa shape index (κ1) is 16.9. The van der Waals surface area contributed by atoms with Crippen LogP contribution in [-0.4, -0.2) is 71.0 Å². The molecule has 1 aliphatic rings. The van der Waals surface area contributed by atoms with Crippen LogP contribution in [0.4, 0.5) is 19.1 Å². The average Bonchev–Trinajstić information content (AvgIpc) is 2.80. The number of sulfonamides is 1. The van der Waals surface area contributed by atoms with Gasteiger partial charge in [-0.3, -0.25) is 0 Å². The van der Waals surface area contributed by atoms with Gasteiger partial charge in [-0.05, 0) is 23.3 Å². The Balaban J connectivity index is 2.06. The van der Waals surface area contributed by atoms with Crippen LogP contribution in [0.5, 0.6) is 0 Å². The fourth-order valence-corrected chi connectivity index (χ4v) is 3.67. The van der Waals surface area contributed by atoms with Crippen molar-refractivity contribution in [1.29, 1.82) is 0 Å². The number of piperidine rings is 1. The topological polar surface area (TPSA) is 84.2 Å². The van der Waals surface area contributed by atoms with Crippen LogP contribution in [0.25, 0.3) is 0 Å². The first-order valence-corrected chi connectivity index (χ1v) is 8.43. The van der Waals surface area contributed by atoms with E-state index in [0.717, 1.165) is 6.26 Å². The van der Waals surface area contributed by atoms with E-state index in [9.17, 15) is 21.6 Å². The van der Waals surface area contributed by atoms with Crippen molar-refractivity contribution in [2.75, 3.05) is 30.8 Å². The van der Waals surface area contributed by atoms with Gasteiger partial charge >= 0.3 is 6.18 Å². The summed E-state index contributed by atoms with van der Waals surface area (Å²) in [6.07, 6.45) is -3.18. The summed E-state index contributed by atoms with van der Waals surface area (Å²) in [5.74, 6) is 0.514. The minimum atomic E-state index is -4.56. The van der Waals surface area contributed by atoms with E-state index in [4.69, 9.17) is 0 Å². The normalized spacial score (nSPS) is 18.2. The smallest absolute Gasteiger partial charge is 0.340 e. The number of tetrazole rings is 1. The number of aryl methyl sites for hydroxylation is 1. The predicted molar refractivity (Wildman–Crippen MR) is 71.6 cm³/mol. The van der Waals surface area contributed by atoms with E-state index in [0.29, 0.717) is 23.3 Å². The van der Waals surface area contributed by atoms with Gasteiger partial charge in [0, 0.05) is 26.2 Å². The molecule has 22 heavy (non-hydrogen) atoms. The predicted octanol–water partition coefficient (Wildman–Crippen LogP) is 0.00280. The standard InChI is InChI=1S/C10H17F3N6O2S/c1-17-9(14-15-16-17)18-5-3-8(4-6-18)19(22(2,20)21)7-10(11,12)13/h8H,3-7H2,1-2H3. The Labute approximate surface area is 125 Å². The number of hydrogen-bond donors (Lipinski definition) is 0. The number of aromatic nitrogens is 4. The lowest BCUT2D eigenvalue weighted by Gasteiger charge is -2.37. The van der Waals surface area contributed by atoms with Crippen LogP contribution in [0, 0.1) is 0 Å². The van der Waals surface area contributed by atoms with E-state index in [1.807, 2.05) is 4.90 Å². The van der Waals surface area contributed by atoms with Crippen molar-refractivity contribution in [1.82, 2.24) is 24.5 Å². The summed E-state index contributed by atoms with van der Waals surface area (Å²) in [5.41, 5.74) is 0. The maximum atomic E-state index is 12.6. The fourth-order valence-electron chi connectivity index (χ4n) is 2.54. The largest absolute Gasteiger partial charge is 0.402 e. The van der Waals surface area contributed by atoms with Crippen LogP contribution in [-0.2, 0) is 17.1 Å². The molecule has 8 nitrogen and oxygen atoms in total. The fraction of sp³-hybridized carbons (Fsp3) is 0.900. The van der Waals surface area contributed by atoms with E-state index in [2.05, 4.69) is 15.5 Å². The second-order valence-electron chi connectivity index (χ2n) is 5.24. The van der Waals surface area contributed by atoms with Gasteiger partial charge in [-0.25, -0.2) is 13.1 Å². The van der Waals surface area contributed by atoms with Gasteiger partial charge in [-0.1, -0.05) is 5.10 Å². The van der Waals surface area contributed by atoms with Crippen molar-refractivity contribution >= 4 is 16.0 Å². The number of halogens is 3. The zero-order chi connectivity index (χ0) is 16.5. The van der Waals surface area contributed by atoms with Gasteiger partial charge < -0.3 is 4.90 Å². The van der Waals surface area contributed by atoms with Crippen LogP contribution >= 0.6 is 0 Å². The van der Waals surface area contributed by atoms with E-state index in [-0.39, 0.29) is 12.8 Å². The van der Waals surface area contributed by atoms with E-state index >= 15 is 0 Å². The monoisotopic (exact) mass is 342 g/mol. The Morgan fingerprint density at radius 2 is 1.91 bits per heavy atom. The molecule has 12 heteroatoms. The third-order valence-corrected chi connectivity index (χ3v) is 4.79. The third kappa shape index (κ3) is 4.06. The van der Waals surface area contributed by atoms with Gasteiger partial charge in [0.1, 0.15) is 6.54 Å². The molecule has 1 saturated heterocycles. The van der Waals surface area contributed by atoms with Crippen molar-refractivity contribution in [2.24, 2.45) is 7.05 Å². The summed E-state index contributed by atoms with van der Waals surface area (Å²) in [6.45, 7) is -0.673. The Bertz CT molecular complexity index is 608. The number of anilines is 1. The van der Waals surface area contributed by atoms with Crippen LogP contribution in [0.1, 0.15) is 12.8 Å². The summed E-state index contributed by atoms with van der Waals surface area (Å²) < 4.78 is 63.1. The van der Waals surface area contributed by atoms with Gasteiger partial charge in [0.25, 0.3) is 0 Å². The minimum Gasteiger partial charge on any atom is -0.340 e. The first-order valence-electron chi connectivity index (χ1n) is 6.59. The molecule has 1 aliphatic heterocycles. The van der Waals surface area contributed by atoms with Crippen molar-refractivity contribution in [3.05, 3.63) is 0 Å². The molecule has 2 heterocycles. The zero-order valence-electron chi connectivity index (χ0n) is 12.2. The molecule has 0 aliphatic carbocycles. The summed E-state index contributed by atoms with van der Waals surface area (Å²) in [7, 11) is -2.27. The molecule has 0 amide bonds. The summed E-state index contributed by atoms with van der Waals surface area (Å²) in [5, 5.41) is 11.0. The van der Waals surface area contributed by atoms with E-state index in [1.165, 1.54) is 4.68 Å². The van der Waals surface area contributed by atoms with Crippen molar-refractivity contribution in [2.45, 2.75) is 25.1 Å². The molecule has 0 N–H and O–H groups in total. The number of nitrogens with zero attached hydrogens (tertiary/aromatic N) is 6. The molecule has 126 valence electrons. The summed E-state index contributed by atoms with van der Waals surface area (Å²) in [6, 6.07) is -0.672. The van der Waals surface area contributed by atoms with Crippen LogP contribution in [0.15, 0.2) is 0 Å². The Hall–Kier alpha value is -1.43. The highest BCUT2D eigenvalue weighted by Gasteiger charge is 2.39. The second kappa shape index (κ2) is 5.99. The molecule has 0 bridgehead atoms. The molecular formula is C10H17F3N6O2S. The highest BCUT2D eigenvalue weighted by atomic mass is 32.2. The zero-order valence-corrected chi connectivity index (χ0v) is 13.0. The molecule has 0 atom stereocenters. The van der Waals surface area contributed by atoms with E-state index < -0.39 is 28.8 Å². The molecule has 0 saturated carbocycles. The maximum absolute atomic E-state index is 12.6.